The molecule has 2 aromatic carbocycles. The number of aromatic nitrogens is 1. The van der Waals surface area contributed by atoms with E-state index in [1.807, 2.05) is 22.9 Å². The van der Waals surface area contributed by atoms with Gasteiger partial charge in [0.1, 0.15) is 5.82 Å². The monoisotopic (exact) mass is 454 g/mol. The molecule has 8 heteroatoms. The van der Waals surface area contributed by atoms with Crippen molar-refractivity contribution in [2.75, 3.05) is 19.6 Å². The number of hydrogen-bond acceptors (Lipinski definition) is 3. The van der Waals surface area contributed by atoms with Gasteiger partial charge < -0.3 is 9.88 Å². The number of imide groups is 1. The third-order valence-electron chi connectivity index (χ3n) is 6.50. The SMILES string of the molecule is CCN1C(=O)NC(c2cn(-c3ccc(F)cc3)c3ccc(Cl)cc23)(N2CCCCC2)C1=O. The van der Waals surface area contributed by atoms with Gasteiger partial charge in [0.25, 0.3) is 5.91 Å². The van der Waals surface area contributed by atoms with Crippen LogP contribution in [0.5, 0.6) is 0 Å². The molecule has 0 aliphatic carbocycles. The number of amides is 3. The summed E-state index contributed by atoms with van der Waals surface area (Å²) in [6.45, 7) is 3.49. The number of halogens is 2. The molecule has 0 saturated carbocycles. The van der Waals surface area contributed by atoms with Gasteiger partial charge in [0, 0.05) is 47.5 Å². The maximum absolute atomic E-state index is 13.8. The minimum atomic E-state index is -1.30. The second-order valence-corrected chi connectivity index (χ2v) is 8.72. The van der Waals surface area contributed by atoms with Gasteiger partial charge in [-0.3, -0.25) is 14.6 Å². The zero-order valence-electron chi connectivity index (χ0n) is 17.8. The molecule has 1 unspecified atom stereocenters. The summed E-state index contributed by atoms with van der Waals surface area (Å²) >= 11 is 6.37. The number of carbonyl (C=O) groups is 2. The Morgan fingerprint density at radius 1 is 1.06 bits per heavy atom. The fraction of sp³-hybridized carbons (Fsp3) is 0.333. The predicted molar refractivity (Wildman–Crippen MR) is 121 cm³/mol. The molecule has 3 heterocycles. The highest BCUT2D eigenvalue weighted by Crippen LogP contribution is 2.41. The number of rotatable bonds is 4. The van der Waals surface area contributed by atoms with Crippen LogP contribution in [0.4, 0.5) is 9.18 Å². The van der Waals surface area contributed by atoms with Gasteiger partial charge in [0.05, 0.1) is 5.52 Å². The van der Waals surface area contributed by atoms with Crippen LogP contribution in [0.1, 0.15) is 31.7 Å². The second-order valence-electron chi connectivity index (χ2n) is 8.29. The predicted octanol–water partition coefficient (Wildman–Crippen LogP) is 4.63. The lowest BCUT2D eigenvalue weighted by Crippen LogP contribution is -2.59. The van der Waals surface area contributed by atoms with Gasteiger partial charge in [-0.05, 0) is 62.2 Å². The Balaban J connectivity index is 1.78. The van der Waals surface area contributed by atoms with Gasteiger partial charge in [0.2, 0.25) is 5.66 Å². The number of fused-ring (bicyclic) bond motifs is 1. The van der Waals surface area contributed by atoms with E-state index >= 15 is 0 Å². The van der Waals surface area contributed by atoms with Crippen LogP contribution in [-0.4, -0.2) is 45.9 Å². The zero-order valence-corrected chi connectivity index (χ0v) is 18.5. The smallest absolute Gasteiger partial charge is 0.316 e. The molecule has 0 radical (unpaired) electrons. The molecule has 1 N–H and O–H groups in total. The lowest BCUT2D eigenvalue weighted by atomic mass is 9.94. The third-order valence-corrected chi connectivity index (χ3v) is 6.73. The Bertz CT molecular complexity index is 1200. The molecule has 0 spiro atoms. The molecule has 2 saturated heterocycles. The van der Waals surface area contributed by atoms with E-state index in [0.717, 1.165) is 35.9 Å². The second kappa shape index (κ2) is 7.90. The summed E-state index contributed by atoms with van der Waals surface area (Å²) in [6, 6.07) is 11.3. The third kappa shape index (κ3) is 3.11. The summed E-state index contributed by atoms with van der Waals surface area (Å²) in [5.41, 5.74) is 0.949. The number of likely N-dealkylation sites (tertiary alicyclic amines) is 1. The highest BCUT2D eigenvalue weighted by Gasteiger charge is 2.57. The van der Waals surface area contributed by atoms with E-state index in [1.165, 1.54) is 17.0 Å². The average molecular weight is 455 g/mol. The number of likely N-dealkylation sites (N-methyl/N-ethyl adjacent to an activating group) is 1. The van der Waals surface area contributed by atoms with Crippen LogP contribution >= 0.6 is 11.6 Å². The number of nitrogens with one attached hydrogen (secondary N) is 1. The molecule has 166 valence electrons. The average Bonchev–Trinajstić information content (AvgIpc) is 3.29. The zero-order chi connectivity index (χ0) is 22.5. The Kier molecular flexibility index (Phi) is 5.18. The van der Waals surface area contributed by atoms with Crippen molar-refractivity contribution in [2.45, 2.75) is 31.8 Å². The van der Waals surface area contributed by atoms with Gasteiger partial charge in [-0.2, -0.15) is 0 Å². The summed E-state index contributed by atoms with van der Waals surface area (Å²) in [5, 5.41) is 4.35. The first kappa shape index (κ1) is 21.0. The summed E-state index contributed by atoms with van der Waals surface area (Å²) in [4.78, 5) is 30.0. The Morgan fingerprint density at radius 3 is 2.44 bits per heavy atom. The molecule has 1 atom stereocenters. The van der Waals surface area contributed by atoms with Crippen molar-refractivity contribution in [3.63, 3.8) is 0 Å². The van der Waals surface area contributed by atoms with E-state index in [0.29, 0.717) is 23.7 Å². The van der Waals surface area contributed by atoms with Crippen LogP contribution in [-0.2, 0) is 10.5 Å². The lowest BCUT2D eigenvalue weighted by molar-refractivity contribution is -0.139. The first-order valence-corrected chi connectivity index (χ1v) is 11.3. The van der Waals surface area contributed by atoms with Crippen LogP contribution in [0.3, 0.4) is 0 Å². The van der Waals surface area contributed by atoms with Crippen molar-refractivity contribution in [3.05, 3.63) is 65.1 Å². The minimum absolute atomic E-state index is 0.273. The number of urea groups is 1. The number of piperidine rings is 1. The van der Waals surface area contributed by atoms with E-state index in [2.05, 4.69) is 10.2 Å². The van der Waals surface area contributed by atoms with E-state index < -0.39 is 11.7 Å². The molecule has 3 amide bonds. The molecule has 5 rings (SSSR count). The maximum Gasteiger partial charge on any atom is 0.326 e. The summed E-state index contributed by atoms with van der Waals surface area (Å²) < 4.78 is 15.5. The van der Waals surface area contributed by atoms with Gasteiger partial charge >= 0.3 is 6.03 Å². The first-order valence-electron chi connectivity index (χ1n) is 10.9. The van der Waals surface area contributed by atoms with Crippen molar-refractivity contribution in [3.8, 4) is 5.69 Å². The minimum Gasteiger partial charge on any atom is -0.316 e. The van der Waals surface area contributed by atoms with Crippen molar-refractivity contribution < 1.29 is 14.0 Å². The quantitative estimate of drug-likeness (QED) is 0.584. The fourth-order valence-electron chi connectivity index (χ4n) is 4.95. The lowest BCUT2D eigenvalue weighted by Gasteiger charge is -2.41. The number of carbonyl (C=O) groups excluding carboxylic acids is 2. The van der Waals surface area contributed by atoms with Crippen molar-refractivity contribution in [2.24, 2.45) is 0 Å². The Hall–Kier alpha value is -2.90. The molecule has 6 nitrogen and oxygen atoms in total. The topological polar surface area (TPSA) is 57.6 Å². The fourth-order valence-corrected chi connectivity index (χ4v) is 5.12. The summed E-state index contributed by atoms with van der Waals surface area (Å²) in [7, 11) is 0. The van der Waals surface area contributed by atoms with E-state index in [9.17, 15) is 14.0 Å². The van der Waals surface area contributed by atoms with Gasteiger partial charge in [-0.15, -0.1) is 0 Å². The highest BCUT2D eigenvalue weighted by atomic mass is 35.5. The normalized spacial score (nSPS) is 22.0. The highest BCUT2D eigenvalue weighted by molar-refractivity contribution is 6.31. The van der Waals surface area contributed by atoms with Crippen molar-refractivity contribution in [1.29, 1.82) is 0 Å². The van der Waals surface area contributed by atoms with E-state index in [4.69, 9.17) is 11.6 Å². The van der Waals surface area contributed by atoms with Crippen LogP contribution in [0.25, 0.3) is 16.6 Å². The van der Waals surface area contributed by atoms with Crippen LogP contribution in [0.2, 0.25) is 5.02 Å². The van der Waals surface area contributed by atoms with Crippen molar-refractivity contribution >= 4 is 34.4 Å². The number of benzene rings is 2. The summed E-state index contributed by atoms with van der Waals surface area (Å²) in [6.07, 6.45) is 4.87. The van der Waals surface area contributed by atoms with E-state index in [-0.39, 0.29) is 18.3 Å². The number of hydrogen-bond donors (Lipinski definition) is 1. The molecule has 3 aromatic rings. The molecule has 2 fully saturated rings. The molecule has 1 aromatic heterocycles. The standard InChI is InChI=1S/C24H24ClFN4O2/c1-2-29-22(31)24(27-23(29)32,28-12-4-3-5-13-28)20-15-30(18-9-7-17(26)8-10-18)21-11-6-16(25)14-19(20)21/h6-11,14-15H,2-5,12-13H2,1H3,(H,27,32). The van der Waals surface area contributed by atoms with Crippen LogP contribution in [0.15, 0.2) is 48.7 Å². The number of nitrogens with zero attached hydrogens (tertiary/aromatic N) is 3. The largest absolute Gasteiger partial charge is 0.326 e. The van der Waals surface area contributed by atoms with Gasteiger partial charge in [-0.25, -0.2) is 9.18 Å². The van der Waals surface area contributed by atoms with Crippen molar-refractivity contribution in [1.82, 2.24) is 19.7 Å². The Morgan fingerprint density at radius 2 is 1.78 bits per heavy atom. The Labute approximate surface area is 190 Å². The van der Waals surface area contributed by atoms with Gasteiger partial charge in [0.15, 0.2) is 0 Å². The van der Waals surface area contributed by atoms with E-state index in [1.54, 1.807) is 25.1 Å². The molecule has 0 bridgehead atoms. The molecule has 32 heavy (non-hydrogen) atoms. The van der Waals surface area contributed by atoms with Crippen LogP contribution in [0, 0.1) is 5.82 Å². The van der Waals surface area contributed by atoms with Gasteiger partial charge in [-0.1, -0.05) is 18.0 Å². The maximum atomic E-state index is 13.8. The molecule has 2 aliphatic heterocycles. The molecule has 2 aliphatic rings. The first-order chi connectivity index (χ1) is 15.5. The summed E-state index contributed by atoms with van der Waals surface area (Å²) in [5.74, 6) is -0.597. The molecular weight excluding hydrogens is 431 g/mol. The molecular formula is C24H24ClFN4O2. The van der Waals surface area contributed by atoms with Crippen LogP contribution < -0.4 is 5.32 Å².